The number of aliphatic hydroxyl groups excluding tert-OH is 1. The molecule has 0 aliphatic rings. The van der Waals surface area contributed by atoms with Gasteiger partial charge in [-0.25, -0.2) is 14.5 Å². The number of carbonyl (C=O) groups is 1. The minimum atomic E-state index is -0.597. The summed E-state index contributed by atoms with van der Waals surface area (Å²) in [5.74, 6) is -0.573. The predicted molar refractivity (Wildman–Crippen MR) is 91.4 cm³/mol. The first kappa shape index (κ1) is 18.7. The van der Waals surface area contributed by atoms with Crippen LogP contribution in [0.25, 0.3) is 0 Å². The van der Waals surface area contributed by atoms with E-state index in [0.717, 1.165) is 18.4 Å². The molecule has 8 heteroatoms. The Morgan fingerprint density at radius 3 is 2.96 bits per heavy atom. The Balaban J connectivity index is 1.80. The van der Waals surface area contributed by atoms with E-state index >= 15 is 0 Å². The molecule has 1 aromatic carbocycles. The van der Waals surface area contributed by atoms with Gasteiger partial charge in [0.2, 0.25) is 0 Å². The summed E-state index contributed by atoms with van der Waals surface area (Å²) in [7, 11) is 0. The van der Waals surface area contributed by atoms with Crippen molar-refractivity contribution in [2.45, 2.75) is 38.8 Å². The maximum atomic E-state index is 11.5. The molecule has 0 fully saturated rings. The molecule has 1 N–H and O–H groups in total. The lowest BCUT2D eigenvalue weighted by atomic mass is 10.1. The number of hydrogen-bond acceptors (Lipinski definition) is 5. The number of hydrogen-bond donors (Lipinski definition) is 1. The largest absolute Gasteiger partial charge is 0.460 e. The number of rotatable bonds is 8. The minimum absolute atomic E-state index is 0.00485. The van der Waals surface area contributed by atoms with Gasteiger partial charge in [0.15, 0.2) is 0 Å². The molecule has 1 atom stereocenters. The molecule has 1 heterocycles. The average Bonchev–Trinajstić information content (AvgIpc) is 3.00. The minimum Gasteiger partial charge on any atom is -0.460 e. The molecule has 0 bridgehead atoms. The zero-order valence-corrected chi connectivity index (χ0v) is 14.8. The lowest BCUT2D eigenvalue weighted by Gasteiger charge is -2.11. The standard InChI is InChI=1S/C16H19Cl2N3O3/c1-2-24-16(23)15-19-10-21(20-15)9-12(22)7-3-5-11-6-4-8-13(17)14(11)18/h4,6,8,10,12,22H,2-3,5,7,9H2,1H3/t12-/m0/s1. The normalized spacial score (nSPS) is 12.2. The summed E-state index contributed by atoms with van der Waals surface area (Å²) >= 11 is 12.1. The number of aliphatic hydroxyl groups is 1. The van der Waals surface area contributed by atoms with Gasteiger partial charge >= 0.3 is 5.97 Å². The Labute approximate surface area is 150 Å². The number of halogens is 2. The molecule has 6 nitrogen and oxygen atoms in total. The summed E-state index contributed by atoms with van der Waals surface area (Å²) in [6.07, 6.45) is 2.85. The fourth-order valence-corrected chi connectivity index (χ4v) is 2.66. The van der Waals surface area contributed by atoms with Gasteiger partial charge in [-0.1, -0.05) is 35.3 Å². The average molecular weight is 372 g/mol. The van der Waals surface area contributed by atoms with E-state index in [1.165, 1.54) is 11.0 Å². The van der Waals surface area contributed by atoms with Crippen molar-refractivity contribution in [3.05, 3.63) is 46.0 Å². The van der Waals surface area contributed by atoms with Crippen molar-refractivity contribution in [1.29, 1.82) is 0 Å². The first-order chi connectivity index (χ1) is 11.5. The van der Waals surface area contributed by atoms with Gasteiger partial charge in [-0.3, -0.25) is 0 Å². The van der Waals surface area contributed by atoms with Gasteiger partial charge in [0.05, 0.1) is 29.3 Å². The number of carbonyl (C=O) groups excluding carboxylic acids is 1. The van der Waals surface area contributed by atoms with E-state index < -0.39 is 12.1 Å². The maximum Gasteiger partial charge on any atom is 0.378 e. The molecule has 1 aromatic heterocycles. The molecule has 2 aromatic rings. The summed E-state index contributed by atoms with van der Waals surface area (Å²) in [6, 6.07) is 5.52. The summed E-state index contributed by atoms with van der Waals surface area (Å²) in [5.41, 5.74) is 0.960. The molecule has 130 valence electrons. The Morgan fingerprint density at radius 2 is 2.21 bits per heavy atom. The summed E-state index contributed by atoms with van der Waals surface area (Å²) in [4.78, 5) is 15.4. The molecule has 0 aliphatic carbocycles. The SMILES string of the molecule is CCOC(=O)c1ncn(C[C@@H](O)CCCc2cccc(Cl)c2Cl)n1. The van der Waals surface area contributed by atoms with Crippen LogP contribution in [0.2, 0.25) is 10.0 Å². The highest BCUT2D eigenvalue weighted by Gasteiger charge is 2.14. The lowest BCUT2D eigenvalue weighted by Crippen LogP contribution is -2.17. The van der Waals surface area contributed by atoms with Gasteiger partial charge in [-0.2, -0.15) is 0 Å². The van der Waals surface area contributed by atoms with E-state index in [2.05, 4.69) is 10.1 Å². The molecule has 0 saturated carbocycles. The third-order valence-corrected chi connectivity index (χ3v) is 4.27. The van der Waals surface area contributed by atoms with E-state index in [9.17, 15) is 9.90 Å². The molecule has 2 rings (SSSR count). The van der Waals surface area contributed by atoms with Crippen molar-refractivity contribution in [3.63, 3.8) is 0 Å². The Morgan fingerprint density at radius 1 is 1.42 bits per heavy atom. The van der Waals surface area contributed by atoms with Crippen molar-refractivity contribution in [2.24, 2.45) is 0 Å². The second-order valence-corrected chi connectivity index (χ2v) is 6.05. The fourth-order valence-electron chi connectivity index (χ4n) is 2.25. The third-order valence-electron chi connectivity index (χ3n) is 3.41. The maximum absolute atomic E-state index is 11.5. The fraction of sp³-hybridized carbons (Fsp3) is 0.438. The second kappa shape index (κ2) is 9.01. The lowest BCUT2D eigenvalue weighted by molar-refractivity contribution is 0.0510. The predicted octanol–water partition coefficient (Wildman–Crippen LogP) is 3.15. The van der Waals surface area contributed by atoms with Gasteiger partial charge in [-0.05, 0) is 37.8 Å². The van der Waals surface area contributed by atoms with Crippen LogP contribution < -0.4 is 0 Å². The molecule has 0 aliphatic heterocycles. The van der Waals surface area contributed by atoms with E-state index in [1.807, 2.05) is 12.1 Å². The number of aromatic nitrogens is 3. The van der Waals surface area contributed by atoms with Crippen molar-refractivity contribution < 1.29 is 14.6 Å². The quantitative estimate of drug-likeness (QED) is 0.721. The first-order valence-corrected chi connectivity index (χ1v) is 8.44. The number of benzene rings is 1. The molecule has 0 spiro atoms. The van der Waals surface area contributed by atoms with Gasteiger partial charge in [-0.15, -0.1) is 5.10 Å². The number of aryl methyl sites for hydroxylation is 1. The Hall–Kier alpha value is -1.63. The highest BCUT2D eigenvalue weighted by Crippen LogP contribution is 2.26. The van der Waals surface area contributed by atoms with Crippen LogP contribution in [0.5, 0.6) is 0 Å². The van der Waals surface area contributed by atoms with E-state index in [0.29, 0.717) is 16.5 Å². The van der Waals surface area contributed by atoms with Gasteiger partial charge in [0.25, 0.3) is 5.82 Å². The van der Waals surface area contributed by atoms with E-state index in [-0.39, 0.29) is 19.0 Å². The molecule has 0 radical (unpaired) electrons. The van der Waals surface area contributed by atoms with E-state index in [4.69, 9.17) is 27.9 Å². The zero-order chi connectivity index (χ0) is 17.5. The van der Waals surface area contributed by atoms with Gasteiger partial charge in [0, 0.05) is 0 Å². The van der Waals surface area contributed by atoms with Crippen LogP contribution in [-0.2, 0) is 17.7 Å². The van der Waals surface area contributed by atoms with E-state index in [1.54, 1.807) is 13.0 Å². The van der Waals surface area contributed by atoms with Crippen LogP contribution in [0, 0.1) is 0 Å². The molecule has 0 amide bonds. The zero-order valence-electron chi connectivity index (χ0n) is 13.3. The van der Waals surface area contributed by atoms with Crippen LogP contribution in [0.4, 0.5) is 0 Å². The molecule has 0 saturated heterocycles. The van der Waals surface area contributed by atoms with Crippen molar-refractivity contribution in [3.8, 4) is 0 Å². The molecular weight excluding hydrogens is 353 g/mol. The third kappa shape index (κ3) is 5.19. The van der Waals surface area contributed by atoms with Crippen molar-refractivity contribution in [1.82, 2.24) is 14.8 Å². The van der Waals surface area contributed by atoms with Crippen LogP contribution in [-0.4, -0.2) is 38.6 Å². The van der Waals surface area contributed by atoms with Gasteiger partial charge < -0.3 is 9.84 Å². The number of nitrogens with zero attached hydrogens (tertiary/aromatic N) is 3. The van der Waals surface area contributed by atoms with Crippen LogP contribution in [0.1, 0.15) is 35.9 Å². The number of esters is 1. The van der Waals surface area contributed by atoms with Crippen molar-refractivity contribution >= 4 is 29.2 Å². The monoisotopic (exact) mass is 371 g/mol. The Kier molecular flexibility index (Phi) is 7.02. The smallest absolute Gasteiger partial charge is 0.378 e. The molecule has 24 heavy (non-hydrogen) atoms. The van der Waals surface area contributed by atoms with Crippen LogP contribution in [0.15, 0.2) is 24.5 Å². The molecule has 0 unspecified atom stereocenters. The Bertz CT molecular complexity index is 691. The van der Waals surface area contributed by atoms with Gasteiger partial charge in [0.1, 0.15) is 6.33 Å². The second-order valence-electron chi connectivity index (χ2n) is 5.27. The highest BCUT2D eigenvalue weighted by molar-refractivity contribution is 6.42. The topological polar surface area (TPSA) is 77.2 Å². The van der Waals surface area contributed by atoms with Crippen LogP contribution in [0.3, 0.4) is 0 Å². The first-order valence-electron chi connectivity index (χ1n) is 7.68. The summed E-state index contributed by atoms with van der Waals surface area (Å²) in [5, 5.41) is 15.2. The highest BCUT2D eigenvalue weighted by atomic mass is 35.5. The van der Waals surface area contributed by atoms with Crippen LogP contribution >= 0.6 is 23.2 Å². The summed E-state index contributed by atoms with van der Waals surface area (Å²) in [6.45, 7) is 2.24. The number of ether oxygens (including phenoxy) is 1. The summed E-state index contributed by atoms with van der Waals surface area (Å²) < 4.78 is 6.25. The van der Waals surface area contributed by atoms with Crippen molar-refractivity contribution in [2.75, 3.05) is 6.61 Å². The molecular formula is C16H19Cl2N3O3.